The fourth-order valence-electron chi connectivity index (χ4n) is 5.16. The summed E-state index contributed by atoms with van der Waals surface area (Å²) < 4.78 is 24.2. The minimum Gasteiger partial charge on any atom is -0.488 e. The smallest absolute Gasteiger partial charge is 0.161 e. The van der Waals surface area contributed by atoms with Crippen LogP contribution in [0.25, 0.3) is 11.1 Å². The summed E-state index contributed by atoms with van der Waals surface area (Å²) in [5.41, 5.74) is 10.2. The molecule has 0 bridgehead atoms. The van der Waals surface area contributed by atoms with E-state index in [1.807, 2.05) is 50.4 Å². The van der Waals surface area contributed by atoms with Crippen LogP contribution in [-0.4, -0.2) is 43.5 Å². The molecule has 0 unspecified atom stereocenters. The van der Waals surface area contributed by atoms with E-state index < -0.39 is 0 Å². The molecule has 43 heavy (non-hydrogen) atoms. The van der Waals surface area contributed by atoms with Crippen molar-refractivity contribution in [2.75, 3.05) is 33.4 Å². The van der Waals surface area contributed by atoms with E-state index in [-0.39, 0.29) is 0 Å². The van der Waals surface area contributed by atoms with Crippen LogP contribution in [0.2, 0.25) is 0 Å². The molecule has 2 N–H and O–H groups in total. The van der Waals surface area contributed by atoms with Gasteiger partial charge in [-0.1, -0.05) is 36.4 Å². The van der Waals surface area contributed by atoms with Crippen LogP contribution in [0, 0.1) is 25.2 Å². The van der Waals surface area contributed by atoms with Crippen molar-refractivity contribution in [2.45, 2.75) is 33.6 Å². The largest absolute Gasteiger partial charge is 0.488 e. The summed E-state index contributed by atoms with van der Waals surface area (Å²) in [7, 11) is 1.99. The first-order valence-corrected chi connectivity index (χ1v) is 14.4. The maximum absolute atomic E-state index is 9.28. The van der Waals surface area contributed by atoms with Gasteiger partial charge in [0.1, 0.15) is 37.9 Å². The van der Waals surface area contributed by atoms with Crippen molar-refractivity contribution in [3.05, 3.63) is 106 Å². The molecule has 8 heteroatoms. The predicted molar refractivity (Wildman–Crippen MR) is 165 cm³/mol. The van der Waals surface area contributed by atoms with Gasteiger partial charge in [0.05, 0.1) is 11.6 Å². The molecule has 0 radical (unpaired) electrons. The number of fused-ring (bicyclic) bond motifs is 1. The highest BCUT2D eigenvalue weighted by atomic mass is 16.6. The van der Waals surface area contributed by atoms with E-state index in [0.29, 0.717) is 57.4 Å². The van der Waals surface area contributed by atoms with Gasteiger partial charge in [-0.2, -0.15) is 5.26 Å². The number of nitrogens with one attached hydrogen (secondary N) is 1. The first-order chi connectivity index (χ1) is 20.9. The van der Waals surface area contributed by atoms with Crippen molar-refractivity contribution in [3.8, 4) is 40.2 Å². The molecule has 0 aromatic heterocycles. The van der Waals surface area contributed by atoms with Crippen molar-refractivity contribution >= 4 is 0 Å². The van der Waals surface area contributed by atoms with Crippen LogP contribution in [0.5, 0.6) is 23.0 Å². The van der Waals surface area contributed by atoms with Crippen molar-refractivity contribution in [3.63, 3.8) is 0 Å². The molecule has 0 saturated heterocycles. The Bertz CT molecular complexity index is 1610. The molecule has 222 valence electrons. The van der Waals surface area contributed by atoms with E-state index >= 15 is 0 Å². The van der Waals surface area contributed by atoms with Gasteiger partial charge < -0.3 is 29.1 Å². The van der Waals surface area contributed by atoms with Crippen LogP contribution in [0.1, 0.15) is 33.4 Å². The summed E-state index contributed by atoms with van der Waals surface area (Å²) >= 11 is 0. The topological polar surface area (TPSA) is 96.2 Å². The minimum atomic E-state index is 0.323. The zero-order chi connectivity index (χ0) is 30.2. The van der Waals surface area contributed by atoms with Gasteiger partial charge in [0, 0.05) is 31.3 Å². The second-order valence-corrected chi connectivity index (χ2v) is 10.7. The van der Waals surface area contributed by atoms with Crippen LogP contribution < -0.4 is 24.4 Å². The van der Waals surface area contributed by atoms with Gasteiger partial charge in [-0.05, 0) is 84.6 Å². The molecule has 0 amide bonds. The van der Waals surface area contributed by atoms with Crippen molar-refractivity contribution in [1.29, 1.82) is 5.26 Å². The fourth-order valence-corrected chi connectivity index (χ4v) is 5.16. The zero-order valence-corrected chi connectivity index (χ0v) is 24.9. The highest BCUT2D eigenvalue weighted by Gasteiger charge is 2.16. The van der Waals surface area contributed by atoms with Gasteiger partial charge in [-0.3, -0.25) is 0 Å². The Hall–Kier alpha value is -4.55. The lowest BCUT2D eigenvalue weighted by atomic mass is 9.96. The average Bonchev–Trinajstić information content (AvgIpc) is 3.03. The van der Waals surface area contributed by atoms with Gasteiger partial charge >= 0.3 is 0 Å². The maximum atomic E-state index is 9.28. The summed E-state index contributed by atoms with van der Waals surface area (Å²) in [5.74, 6) is 3.01. The van der Waals surface area contributed by atoms with E-state index in [2.05, 4.69) is 53.7 Å². The van der Waals surface area contributed by atoms with Crippen molar-refractivity contribution < 1.29 is 24.2 Å². The van der Waals surface area contributed by atoms with Gasteiger partial charge in [-0.25, -0.2) is 5.48 Å². The van der Waals surface area contributed by atoms with Gasteiger partial charge in [0.25, 0.3) is 0 Å². The summed E-state index contributed by atoms with van der Waals surface area (Å²) in [4.78, 5) is 2.11. The first kappa shape index (κ1) is 29.9. The second-order valence-electron chi connectivity index (χ2n) is 10.7. The number of aryl methyl sites for hydroxylation is 1. The number of hydrogen-bond donors (Lipinski definition) is 2. The summed E-state index contributed by atoms with van der Waals surface area (Å²) in [6, 6.07) is 26.0. The number of rotatable bonds is 12. The Labute approximate surface area is 253 Å². The van der Waals surface area contributed by atoms with Crippen LogP contribution in [0.4, 0.5) is 0 Å². The Kier molecular flexibility index (Phi) is 9.80. The van der Waals surface area contributed by atoms with E-state index in [4.69, 9.17) is 24.2 Å². The molecule has 5 rings (SSSR count). The summed E-state index contributed by atoms with van der Waals surface area (Å²) in [6.45, 7) is 7.74. The molecule has 0 aliphatic carbocycles. The Morgan fingerprint density at radius 2 is 1.67 bits per heavy atom. The summed E-state index contributed by atoms with van der Waals surface area (Å²) in [5, 5.41) is 18.3. The Morgan fingerprint density at radius 1 is 0.884 bits per heavy atom. The molecule has 1 heterocycles. The molecule has 4 aromatic rings. The summed E-state index contributed by atoms with van der Waals surface area (Å²) in [6.07, 6.45) is 0. The Balaban J connectivity index is 1.37. The highest BCUT2D eigenvalue weighted by molar-refractivity contribution is 5.71. The molecular weight excluding hydrogens is 542 g/mol. The lowest BCUT2D eigenvalue weighted by Gasteiger charge is -2.21. The van der Waals surface area contributed by atoms with Crippen LogP contribution in [0.15, 0.2) is 72.8 Å². The number of hydroxylamine groups is 1. The van der Waals surface area contributed by atoms with E-state index in [1.54, 1.807) is 6.07 Å². The predicted octanol–water partition coefficient (Wildman–Crippen LogP) is 6.18. The third-order valence-electron chi connectivity index (χ3n) is 7.54. The van der Waals surface area contributed by atoms with Crippen molar-refractivity contribution in [2.24, 2.45) is 0 Å². The standard InChI is InChI=1S/C35H37N3O5/c1-24-16-30(21-38(3)13-12-37-39)34(42-22-27-7-4-6-26(17-27)20-36)19-33(24)43-23-29-8-5-9-31(25(29)2)28-10-11-32-35(18-28)41-15-14-40-32/h4-11,16-19,37,39H,12-15,21-23H2,1-3H3. The third-order valence-corrected chi connectivity index (χ3v) is 7.54. The van der Waals surface area contributed by atoms with E-state index in [1.165, 1.54) is 0 Å². The number of ether oxygens (including phenoxy) is 4. The molecular formula is C35H37N3O5. The SMILES string of the molecule is Cc1cc(CN(C)CCNO)c(OCc2cccc(C#N)c2)cc1OCc1cccc(-c2ccc3c(c2)OCCO3)c1C. The zero-order valence-electron chi connectivity index (χ0n) is 24.9. The molecule has 0 fully saturated rings. The quantitative estimate of drug-likeness (QED) is 0.192. The van der Waals surface area contributed by atoms with E-state index in [9.17, 15) is 5.26 Å². The highest BCUT2D eigenvalue weighted by Crippen LogP contribution is 2.37. The van der Waals surface area contributed by atoms with Crippen LogP contribution in [0.3, 0.4) is 0 Å². The van der Waals surface area contributed by atoms with Gasteiger partial charge in [0.2, 0.25) is 0 Å². The molecule has 0 atom stereocenters. The lowest BCUT2D eigenvalue weighted by Crippen LogP contribution is -2.27. The number of nitrogens with zero attached hydrogens (tertiary/aromatic N) is 2. The average molecular weight is 580 g/mol. The first-order valence-electron chi connectivity index (χ1n) is 14.4. The molecule has 0 saturated carbocycles. The fraction of sp³-hybridized carbons (Fsp3) is 0.286. The maximum Gasteiger partial charge on any atom is 0.161 e. The molecule has 4 aromatic carbocycles. The molecule has 1 aliphatic rings. The van der Waals surface area contributed by atoms with Gasteiger partial charge in [0.15, 0.2) is 11.5 Å². The van der Waals surface area contributed by atoms with E-state index in [0.717, 1.165) is 56.2 Å². The van der Waals surface area contributed by atoms with Crippen LogP contribution in [-0.2, 0) is 19.8 Å². The van der Waals surface area contributed by atoms with Crippen molar-refractivity contribution in [1.82, 2.24) is 10.4 Å². The Morgan fingerprint density at radius 3 is 2.49 bits per heavy atom. The number of benzene rings is 4. The van der Waals surface area contributed by atoms with Gasteiger partial charge in [-0.15, -0.1) is 0 Å². The monoisotopic (exact) mass is 579 g/mol. The number of likely N-dealkylation sites (N-methyl/N-ethyl adjacent to an activating group) is 1. The molecule has 0 spiro atoms. The molecule has 1 aliphatic heterocycles. The number of hydrogen-bond acceptors (Lipinski definition) is 8. The lowest BCUT2D eigenvalue weighted by molar-refractivity contribution is 0.151. The number of nitriles is 1. The molecule has 8 nitrogen and oxygen atoms in total. The normalized spacial score (nSPS) is 12.2. The third kappa shape index (κ3) is 7.46. The minimum absolute atomic E-state index is 0.323. The second kappa shape index (κ2) is 14.1. The van der Waals surface area contributed by atoms with Crippen LogP contribution >= 0.6 is 0 Å².